The lowest BCUT2D eigenvalue weighted by molar-refractivity contribution is -0.140. The highest BCUT2D eigenvalue weighted by Gasteiger charge is 2.36. The Kier molecular flexibility index (Phi) is 10.7. The molecule has 46 heavy (non-hydrogen) atoms. The van der Waals surface area contributed by atoms with Gasteiger partial charge in [0.1, 0.15) is 24.2 Å². The molecule has 0 radical (unpaired) electrons. The molecular weight excluding hydrogens is 605 g/mol. The van der Waals surface area contributed by atoms with E-state index in [1.807, 2.05) is 30.3 Å². The lowest BCUT2D eigenvalue weighted by Crippen LogP contribution is -2.54. The first-order valence-electron chi connectivity index (χ1n) is 15.4. The van der Waals surface area contributed by atoms with Crippen molar-refractivity contribution in [2.24, 2.45) is 0 Å². The minimum atomic E-state index is -4.26. The molecular formula is C36H38FN3O5S. The predicted molar refractivity (Wildman–Crippen MR) is 175 cm³/mol. The van der Waals surface area contributed by atoms with Gasteiger partial charge in [0.05, 0.1) is 17.7 Å². The standard InChI is InChI=1S/C36H38FN3O5S/c1-45-31-19-12-18-30(24-31)40(46(43,44)32-20-6-3-7-21-32)26-35(41)39(25-28-15-8-11-22-33(28)37)34(23-27-13-4-2-5-14-27)36(42)38-29-16-9-10-17-29/h2-8,11-15,18-22,24,29,34H,9-10,16-17,23,25-26H2,1H3,(H,38,42)/t34-/m0/s1. The van der Waals surface area contributed by atoms with E-state index < -0.39 is 34.3 Å². The highest BCUT2D eigenvalue weighted by molar-refractivity contribution is 7.92. The molecule has 1 aliphatic carbocycles. The first-order chi connectivity index (χ1) is 22.3. The molecule has 0 aromatic heterocycles. The first-order valence-corrected chi connectivity index (χ1v) is 16.8. The van der Waals surface area contributed by atoms with Gasteiger partial charge < -0.3 is 15.0 Å². The monoisotopic (exact) mass is 643 g/mol. The number of hydrogen-bond donors (Lipinski definition) is 1. The van der Waals surface area contributed by atoms with E-state index in [0.717, 1.165) is 35.6 Å². The summed E-state index contributed by atoms with van der Waals surface area (Å²) in [4.78, 5) is 29.9. The smallest absolute Gasteiger partial charge is 0.264 e. The third kappa shape index (κ3) is 7.92. The molecule has 1 atom stereocenters. The van der Waals surface area contributed by atoms with Crippen molar-refractivity contribution in [3.05, 3.63) is 126 Å². The average molecular weight is 644 g/mol. The normalized spacial score (nSPS) is 14.0. The van der Waals surface area contributed by atoms with Crippen LogP contribution in [0.5, 0.6) is 5.75 Å². The fraction of sp³-hybridized carbons (Fsp3) is 0.278. The van der Waals surface area contributed by atoms with Gasteiger partial charge in [-0.05, 0) is 48.7 Å². The fourth-order valence-corrected chi connectivity index (χ4v) is 7.17. The van der Waals surface area contributed by atoms with Crippen LogP contribution in [0.15, 0.2) is 114 Å². The Balaban J connectivity index is 1.58. The average Bonchev–Trinajstić information content (AvgIpc) is 3.59. The van der Waals surface area contributed by atoms with Crippen molar-refractivity contribution in [2.75, 3.05) is 18.0 Å². The minimum absolute atomic E-state index is 0.00825. The molecule has 1 N–H and O–H groups in total. The lowest BCUT2D eigenvalue weighted by Gasteiger charge is -2.34. The van der Waals surface area contributed by atoms with E-state index in [2.05, 4.69) is 5.32 Å². The zero-order chi connectivity index (χ0) is 32.5. The van der Waals surface area contributed by atoms with Gasteiger partial charge in [0.25, 0.3) is 10.0 Å². The summed E-state index contributed by atoms with van der Waals surface area (Å²) in [7, 11) is -2.79. The first kappa shape index (κ1) is 32.7. The van der Waals surface area contributed by atoms with Crippen LogP contribution in [-0.2, 0) is 32.6 Å². The number of methoxy groups -OCH3 is 1. The van der Waals surface area contributed by atoms with Crippen LogP contribution in [0.1, 0.15) is 36.8 Å². The molecule has 0 heterocycles. The number of rotatable bonds is 13. The van der Waals surface area contributed by atoms with Gasteiger partial charge in [0.2, 0.25) is 11.8 Å². The van der Waals surface area contributed by atoms with Gasteiger partial charge in [-0.15, -0.1) is 0 Å². The van der Waals surface area contributed by atoms with Gasteiger partial charge in [-0.1, -0.05) is 85.6 Å². The Hall–Kier alpha value is -4.70. The third-order valence-corrected chi connectivity index (χ3v) is 10.0. The van der Waals surface area contributed by atoms with E-state index in [1.54, 1.807) is 54.6 Å². The summed E-state index contributed by atoms with van der Waals surface area (Å²) in [6.07, 6.45) is 3.83. The van der Waals surface area contributed by atoms with Crippen LogP contribution in [0.2, 0.25) is 0 Å². The molecule has 2 amide bonds. The van der Waals surface area contributed by atoms with Crippen molar-refractivity contribution in [2.45, 2.75) is 55.6 Å². The maximum Gasteiger partial charge on any atom is 0.264 e. The van der Waals surface area contributed by atoms with Crippen LogP contribution in [0.4, 0.5) is 10.1 Å². The Morgan fingerprint density at radius 1 is 0.891 bits per heavy atom. The molecule has 8 nitrogen and oxygen atoms in total. The molecule has 1 aliphatic rings. The molecule has 1 saturated carbocycles. The van der Waals surface area contributed by atoms with Gasteiger partial charge in [0.15, 0.2) is 0 Å². The van der Waals surface area contributed by atoms with Crippen molar-refractivity contribution >= 4 is 27.5 Å². The number of hydrogen-bond acceptors (Lipinski definition) is 5. The number of nitrogens with zero attached hydrogens (tertiary/aromatic N) is 2. The molecule has 5 rings (SSSR count). The molecule has 0 aliphatic heterocycles. The van der Waals surface area contributed by atoms with Gasteiger partial charge >= 0.3 is 0 Å². The maximum absolute atomic E-state index is 15.1. The zero-order valence-corrected chi connectivity index (χ0v) is 26.5. The van der Waals surface area contributed by atoms with Crippen LogP contribution in [0.3, 0.4) is 0 Å². The van der Waals surface area contributed by atoms with E-state index in [4.69, 9.17) is 4.74 Å². The summed E-state index contributed by atoms with van der Waals surface area (Å²) in [5.41, 5.74) is 1.22. The molecule has 0 unspecified atom stereocenters. The van der Waals surface area contributed by atoms with E-state index in [1.165, 1.54) is 36.3 Å². The van der Waals surface area contributed by atoms with Crippen LogP contribution in [0.25, 0.3) is 0 Å². The van der Waals surface area contributed by atoms with Gasteiger partial charge in [0, 0.05) is 30.6 Å². The third-order valence-electron chi connectivity index (χ3n) is 8.22. The minimum Gasteiger partial charge on any atom is -0.497 e. The predicted octanol–water partition coefficient (Wildman–Crippen LogP) is 5.73. The molecule has 0 saturated heterocycles. The second-order valence-corrected chi connectivity index (χ2v) is 13.2. The summed E-state index contributed by atoms with van der Waals surface area (Å²) in [6, 6.07) is 28.5. The van der Waals surface area contributed by atoms with E-state index >= 15 is 4.39 Å². The summed E-state index contributed by atoms with van der Waals surface area (Å²) in [5.74, 6) is -1.15. The van der Waals surface area contributed by atoms with Crippen LogP contribution >= 0.6 is 0 Å². The molecule has 10 heteroatoms. The van der Waals surface area contributed by atoms with Crippen molar-refractivity contribution in [3.8, 4) is 5.75 Å². The summed E-state index contributed by atoms with van der Waals surface area (Å²) < 4.78 is 49.7. The summed E-state index contributed by atoms with van der Waals surface area (Å²) in [5, 5.41) is 3.12. The molecule has 4 aromatic carbocycles. The van der Waals surface area contributed by atoms with Gasteiger partial charge in [-0.2, -0.15) is 0 Å². The Morgan fingerprint density at radius 3 is 2.22 bits per heavy atom. The summed E-state index contributed by atoms with van der Waals surface area (Å²) >= 11 is 0. The number of amides is 2. The number of carbonyl (C=O) groups is 2. The van der Waals surface area contributed by atoms with Crippen LogP contribution in [0, 0.1) is 5.82 Å². The van der Waals surface area contributed by atoms with Gasteiger partial charge in [-0.3, -0.25) is 13.9 Å². The number of nitrogens with one attached hydrogen (secondary N) is 1. The van der Waals surface area contributed by atoms with E-state index in [9.17, 15) is 18.0 Å². The molecule has 4 aromatic rings. The van der Waals surface area contributed by atoms with Crippen molar-refractivity contribution in [1.29, 1.82) is 0 Å². The Morgan fingerprint density at radius 2 is 1.54 bits per heavy atom. The van der Waals surface area contributed by atoms with E-state index in [-0.39, 0.29) is 41.1 Å². The second-order valence-electron chi connectivity index (χ2n) is 11.3. The largest absolute Gasteiger partial charge is 0.497 e. The topological polar surface area (TPSA) is 96.0 Å². The molecule has 1 fully saturated rings. The number of sulfonamides is 1. The number of ether oxygens (including phenoxy) is 1. The zero-order valence-electron chi connectivity index (χ0n) is 25.7. The quantitative estimate of drug-likeness (QED) is 0.201. The number of halogens is 1. The fourth-order valence-electron chi connectivity index (χ4n) is 5.75. The maximum atomic E-state index is 15.1. The van der Waals surface area contributed by atoms with Crippen molar-refractivity contribution in [1.82, 2.24) is 10.2 Å². The summed E-state index contributed by atoms with van der Waals surface area (Å²) in [6.45, 7) is -0.876. The molecule has 0 bridgehead atoms. The van der Waals surface area contributed by atoms with Crippen LogP contribution < -0.4 is 14.4 Å². The van der Waals surface area contributed by atoms with Crippen LogP contribution in [-0.4, -0.2) is 50.9 Å². The van der Waals surface area contributed by atoms with Gasteiger partial charge in [-0.25, -0.2) is 12.8 Å². The van der Waals surface area contributed by atoms with Crippen molar-refractivity contribution in [3.63, 3.8) is 0 Å². The molecule has 0 spiro atoms. The second kappa shape index (κ2) is 15.1. The van der Waals surface area contributed by atoms with Crippen molar-refractivity contribution < 1.29 is 27.1 Å². The number of carbonyl (C=O) groups excluding carboxylic acids is 2. The Labute approximate surface area is 269 Å². The highest BCUT2D eigenvalue weighted by Crippen LogP contribution is 2.28. The SMILES string of the molecule is COc1cccc(N(CC(=O)N(Cc2ccccc2F)[C@@H](Cc2ccccc2)C(=O)NC2CCCC2)S(=O)(=O)c2ccccc2)c1. The number of anilines is 1. The molecule has 240 valence electrons. The highest BCUT2D eigenvalue weighted by atomic mass is 32.2. The lowest BCUT2D eigenvalue weighted by atomic mass is 10.0. The van der Waals surface area contributed by atoms with E-state index in [0.29, 0.717) is 5.75 Å². The number of benzene rings is 4. The Bertz CT molecular complexity index is 1730.